The third-order valence-electron chi connectivity index (χ3n) is 5.73. The Kier molecular flexibility index (Phi) is 6.81. The Morgan fingerprint density at radius 3 is 2.65 bits per heavy atom. The smallest absolute Gasteiger partial charge is 0.276 e. The van der Waals surface area contributed by atoms with Gasteiger partial charge in [0.05, 0.1) is 24.1 Å². The maximum Gasteiger partial charge on any atom is 0.276 e. The first-order chi connectivity index (χ1) is 14.8. The molecule has 0 amide bonds. The van der Waals surface area contributed by atoms with Crippen LogP contribution in [0, 0.1) is 0 Å². The van der Waals surface area contributed by atoms with Crippen LogP contribution in [-0.4, -0.2) is 35.1 Å². The summed E-state index contributed by atoms with van der Waals surface area (Å²) >= 11 is 3.44. The zero-order valence-corrected chi connectivity index (χ0v) is 21.0. The van der Waals surface area contributed by atoms with Crippen molar-refractivity contribution in [3.05, 3.63) is 63.0 Å². The van der Waals surface area contributed by atoms with Gasteiger partial charge in [0.25, 0.3) is 5.56 Å². The van der Waals surface area contributed by atoms with Crippen molar-refractivity contribution < 1.29 is 9.47 Å². The standard InChI is InChI=1S/C23H30BrN3O3Si/c1-31(2,3)10-9-29-16-26-22-21(11-18(24)14-25-22)23(28)27(26)19-12-20(13-19)30-15-17-7-5-4-6-8-17/h4-8,11,14,19-20H,9-10,12-13,15-16H2,1-3H3/t19-,20-. The zero-order chi connectivity index (χ0) is 22.0. The molecule has 8 heteroatoms. The lowest BCUT2D eigenvalue weighted by Crippen LogP contribution is -2.40. The fourth-order valence-corrected chi connectivity index (χ4v) is 4.90. The molecule has 166 valence electrons. The van der Waals surface area contributed by atoms with Gasteiger partial charge in [-0.3, -0.25) is 4.79 Å². The molecule has 6 nitrogen and oxygen atoms in total. The molecule has 1 saturated carbocycles. The fourth-order valence-electron chi connectivity index (χ4n) is 3.81. The summed E-state index contributed by atoms with van der Waals surface area (Å²) in [7, 11) is -1.17. The lowest BCUT2D eigenvalue weighted by molar-refractivity contribution is -0.0464. The van der Waals surface area contributed by atoms with Crippen LogP contribution >= 0.6 is 15.9 Å². The number of fused-ring (bicyclic) bond motifs is 1. The second-order valence-electron chi connectivity index (χ2n) is 9.47. The summed E-state index contributed by atoms with van der Waals surface area (Å²) in [6.07, 6.45) is 3.53. The van der Waals surface area contributed by atoms with Crippen molar-refractivity contribution >= 4 is 35.0 Å². The predicted octanol–water partition coefficient (Wildman–Crippen LogP) is 5.19. The van der Waals surface area contributed by atoms with E-state index < -0.39 is 8.07 Å². The minimum Gasteiger partial charge on any atom is -0.373 e. The highest BCUT2D eigenvalue weighted by molar-refractivity contribution is 9.10. The molecular weight excluding hydrogens is 474 g/mol. The van der Waals surface area contributed by atoms with Crippen LogP contribution in [0.3, 0.4) is 0 Å². The Bertz CT molecular complexity index is 1090. The molecule has 31 heavy (non-hydrogen) atoms. The van der Waals surface area contributed by atoms with E-state index >= 15 is 0 Å². The van der Waals surface area contributed by atoms with Crippen molar-refractivity contribution in [2.45, 2.75) is 64.0 Å². The molecule has 0 unspecified atom stereocenters. The molecule has 0 bridgehead atoms. The second kappa shape index (κ2) is 9.40. The van der Waals surface area contributed by atoms with Crippen LogP contribution in [0.2, 0.25) is 25.7 Å². The van der Waals surface area contributed by atoms with Gasteiger partial charge in [-0.25, -0.2) is 14.3 Å². The SMILES string of the molecule is C[Si](C)(C)CCOCn1c2ncc(Br)cc2c(=O)n1[C@H]1C[C@H](OCc2ccccc2)C1. The van der Waals surface area contributed by atoms with Crippen LogP contribution in [-0.2, 0) is 22.8 Å². The van der Waals surface area contributed by atoms with Crippen molar-refractivity contribution in [1.29, 1.82) is 0 Å². The molecule has 4 rings (SSSR count). The van der Waals surface area contributed by atoms with Gasteiger partial charge in [-0.1, -0.05) is 50.0 Å². The van der Waals surface area contributed by atoms with Gasteiger partial charge in [-0.2, -0.15) is 0 Å². The molecule has 0 atom stereocenters. The topological polar surface area (TPSA) is 58.3 Å². The van der Waals surface area contributed by atoms with Gasteiger partial charge in [-0.05, 0) is 46.4 Å². The molecule has 0 aliphatic heterocycles. The summed E-state index contributed by atoms with van der Waals surface area (Å²) in [5.41, 5.74) is 1.83. The maximum absolute atomic E-state index is 13.2. The van der Waals surface area contributed by atoms with Crippen molar-refractivity contribution in [3.8, 4) is 0 Å². The van der Waals surface area contributed by atoms with Gasteiger partial charge in [0.1, 0.15) is 6.73 Å². The summed E-state index contributed by atoms with van der Waals surface area (Å²) in [6, 6.07) is 13.2. The van der Waals surface area contributed by atoms with E-state index in [0.29, 0.717) is 31.0 Å². The minimum absolute atomic E-state index is 0.0101. The van der Waals surface area contributed by atoms with E-state index in [1.165, 1.54) is 5.56 Å². The van der Waals surface area contributed by atoms with E-state index in [0.717, 1.165) is 23.4 Å². The van der Waals surface area contributed by atoms with Crippen LogP contribution in [0.5, 0.6) is 0 Å². The Hall–Kier alpha value is -1.74. The van der Waals surface area contributed by atoms with Crippen LogP contribution < -0.4 is 5.56 Å². The lowest BCUT2D eigenvalue weighted by atomic mass is 9.89. The van der Waals surface area contributed by atoms with Gasteiger partial charge < -0.3 is 9.47 Å². The summed E-state index contributed by atoms with van der Waals surface area (Å²) in [6.45, 7) is 8.64. The van der Waals surface area contributed by atoms with E-state index in [2.05, 4.69) is 52.7 Å². The minimum atomic E-state index is -1.17. The van der Waals surface area contributed by atoms with E-state index in [4.69, 9.17) is 9.47 Å². The quantitative estimate of drug-likeness (QED) is 0.297. The molecule has 1 aliphatic rings. The highest BCUT2D eigenvalue weighted by atomic mass is 79.9. The van der Waals surface area contributed by atoms with E-state index in [1.807, 2.05) is 33.6 Å². The number of ether oxygens (including phenoxy) is 2. The number of benzene rings is 1. The number of hydrogen-bond donors (Lipinski definition) is 0. The van der Waals surface area contributed by atoms with Crippen LogP contribution in [0.25, 0.3) is 11.0 Å². The van der Waals surface area contributed by atoms with Crippen LogP contribution in [0.1, 0.15) is 24.4 Å². The summed E-state index contributed by atoms with van der Waals surface area (Å²) in [4.78, 5) is 17.7. The Morgan fingerprint density at radius 1 is 1.19 bits per heavy atom. The maximum atomic E-state index is 13.2. The number of halogens is 1. The van der Waals surface area contributed by atoms with Crippen molar-refractivity contribution in [2.75, 3.05) is 6.61 Å². The number of aromatic nitrogens is 3. The molecule has 0 N–H and O–H groups in total. The van der Waals surface area contributed by atoms with Crippen molar-refractivity contribution in [2.24, 2.45) is 0 Å². The average molecular weight is 505 g/mol. The molecule has 3 aromatic rings. The first kappa shape index (κ1) is 22.5. The lowest BCUT2D eigenvalue weighted by Gasteiger charge is -2.36. The molecule has 1 aromatic carbocycles. The summed E-state index contributed by atoms with van der Waals surface area (Å²) in [5.74, 6) is 0. The first-order valence-electron chi connectivity index (χ1n) is 10.8. The molecular formula is C23H30BrN3O3Si. The van der Waals surface area contributed by atoms with Gasteiger partial charge >= 0.3 is 0 Å². The number of pyridine rings is 1. The van der Waals surface area contributed by atoms with E-state index in [9.17, 15) is 4.79 Å². The molecule has 2 aromatic heterocycles. The third kappa shape index (κ3) is 5.37. The normalized spacial score (nSPS) is 19.0. The monoisotopic (exact) mass is 503 g/mol. The fraction of sp³-hybridized carbons (Fsp3) is 0.478. The van der Waals surface area contributed by atoms with Gasteiger partial charge in [-0.15, -0.1) is 0 Å². The Balaban J connectivity index is 1.47. The number of rotatable bonds is 9. The van der Waals surface area contributed by atoms with Gasteiger partial charge in [0.2, 0.25) is 0 Å². The third-order valence-corrected chi connectivity index (χ3v) is 7.87. The molecule has 1 aliphatic carbocycles. The zero-order valence-electron chi connectivity index (χ0n) is 18.4. The van der Waals surface area contributed by atoms with Crippen molar-refractivity contribution in [3.63, 3.8) is 0 Å². The molecule has 0 saturated heterocycles. The first-order valence-corrected chi connectivity index (χ1v) is 15.3. The Labute approximate surface area is 192 Å². The largest absolute Gasteiger partial charge is 0.373 e. The molecule has 1 fully saturated rings. The van der Waals surface area contributed by atoms with Crippen LogP contribution in [0.4, 0.5) is 0 Å². The van der Waals surface area contributed by atoms with Gasteiger partial charge in [0.15, 0.2) is 5.65 Å². The van der Waals surface area contributed by atoms with Crippen molar-refractivity contribution in [1.82, 2.24) is 14.3 Å². The van der Waals surface area contributed by atoms with Crippen LogP contribution in [0.15, 0.2) is 51.9 Å². The second-order valence-corrected chi connectivity index (χ2v) is 16.0. The molecule has 0 spiro atoms. The van der Waals surface area contributed by atoms with Gasteiger partial charge in [0, 0.05) is 25.4 Å². The van der Waals surface area contributed by atoms with E-state index in [-0.39, 0.29) is 17.7 Å². The summed E-state index contributed by atoms with van der Waals surface area (Å²) < 4.78 is 16.6. The highest BCUT2D eigenvalue weighted by Crippen LogP contribution is 2.35. The highest BCUT2D eigenvalue weighted by Gasteiger charge is 2.35. The summed E-state index contributed by atoms with van der Waals surface area (Å²) in [5, 5.41) is 0.622. The molecule has 0 radical (unpaired) electrons. The number of nitrogens with zero attached hydrogens (tertiary/aromatic N) is 3. The molecule has 2 heterocycles. The average Bonchev–Trinajstić information content (AvgIpc) is 2.96. The Morgan fingerprint density at radius 2 is 1.94 bits per heavy atom. The predicted molar refractivity (Wildman–Crippen MR) is 129 cm³/mol. The number of hydrogen-bond acceptors (Lipinski definition) is 4. The van der Waals surface area contributed by atoms with E-state index in [1.54, 1.807) is 6.20 Å².